The van der Waals surface area contributed by atoms with Crippen molar-refractivity contribution in [3.63, 3.8) is 0 Å². The predicted octanol–water partition coefficient (Wildman–Crippen LogP) is 12.0. The summed E-state index contributed by atoms with van der Waals surface area (Å²) in [6.07, 6.45) is 1.82. The molecule has 0 bridgehead atoms. The molecule has 0 radical (unpaired) electrons. The van der Waals surface area contributed by atoms with E-state index in [-0.39, 0.29) is 0 Å². The zero-order valence-electron chi connectivity index (χ0n) is 27.6. The molecule has 6 heteroatoms. The Kier molecular flexibility index (Phi) is 6.15. The summed E-state index contributed by atoms with van der Waals surface area (Å²) in [7, 11) is 0. The summed E-state index contributed by atoms with van der Waals surface area (Å²) in [5.41, 5.74) is 7.55. The zero-order chi connectivity index (χ0) is 34.2. The molecule has 0 aliphatic carbocycles. The Balaban J connectivity index is 1.24. The van der Waals surface area contributed by atoms with Gasteiger partial charge in [0.05, 0.1) is 11.1 Å². The van der Waals surface area contributed by atoms with E-state index in [0.717, 1.165) is 93.4 Å². The Morgan fingerprint density at radius 3 is 1.90 bits per heavy atom. The van der Waals surface area contributed by atoms with E-state index in [2.05, 4.69) is 78.9 Å². The summed E-state index contributed by atoms with van der Waals surface area (Å²) in [5.74, 6) is 1.69. The van der Waals surface area contributed by atoms with Crippen LogP contribution in [-0.4, -0.2) is 19.9 Å². The first-order valence-corrected chi connectivity index (χ1v) is 17.2. The first-order valence-electron chi connectivity index (χ1n) is 17.2. The molecule has 242 valence electrons. The van der Waals surface area contributed by atoms with E-state index in [4.69, 9.17) is 28.8 Å². The standard InChI is InChI=1S/C46H26N4O2/c1-2-12-28(13-3-1)44-48-45(33-18-10-20-37-40(33)32-17-8-9-19-36(32)51-37)50-46(49-44)34-22-21-27-11-6-7-16-31(27)41(34)43-42-35-25-29-14-4-5-15-30(29)26-39(35)52-38(42)23-24-47-43/h1-26H. The fourth-order valence-corrected chi connectivity index (χ4v) is 7.60. The quantitative estimate of drug-likeness (QED) is 0.186. The van der Waals surface area contributed by atoms with Crippen LogP contribution in [0.3, 0.4) is 0 Å². The van der Waals surface area contributed by atoms with E-state index in [1.165, 1.54) is 0 Å². The second kappa shape index (κ2) is 11.2. The van der Waals surface area contributed by atoms with Gasteiger partial charge in [-0.2, -0.15) is 0 Å². The van der Waals surface area contributed by atoms with E-state index in [9.17, 15) is 0 Å². The zero-order valence-corrected chi connectivity index (χ0v) is 27.6. The normalized spacial score (nSPS) is 11.8. The van der Waals surface area contributed by atoms with E-state index >= 15 is 0 Å². The second-order valence-corrected chi connectivity index (χ2v) is 13.0. The number of hydrogen-bond donors (Lipinski definition) is 0. The number of pyridine rings is 1. The molecule has 52 heavy (non-hydrogen) atoms. The minimum atomic E-state index is 0.548. The molecule has 11 aromatic rings. The molecule has 0 saturated carbocycles. The van der Waals surface area contributed by atoms with Gasteiger partial charge in [0.2, 0.25) is 0 Å². The maximum Gasteiger partial charge on any atom is 0.164 e. The summed E-state index contributed by atoms with van der Waals surface area (Å²) in [5, 5.41) is 8.34. The largest absolute Gasteiger partial charge is 0.456 e. The fraction of sp³-hybridized carbons (Fsp3) is 0. The molecule has 0 unspecified atom stereocenters. The fourth-order valence-electron chi connectivity index (χ4n) is 7.60. The molecular weight excluding hydrogens is 641 g/mol. The minimum Gasteiger partial charge on any atom is -0.456 e. The number of rotatable bonds is 4. The molecule has 0 aliphatic rings. The summed E-state index contributed by atoms with van der Waals surface area (Å²) in [6.45, 7) is 0. The van der Waals surface area contributed by atoms with Crippen LogP contribution in [0.4, 0.5) is 0 Å². The van der Waals surface area contributed by atoms with Gasteiger partial charge in [0.1, 0.15) is 22.3 Å². The monoisotopic (exact) mass is 666 g/mol. The highest BCUT2D eigenvalue weighted by Gasteiger charge is 2.23. The number of furan rings is 2. The average Bonchev–Trinajstić information content (AvgIpc) is 3.78. The van der Waals surface area contributed by atoms with Crippen LogP contribution < -0.4 is 0 Å². The van der Waals surface area contributed by atoms with Gasteiger partial charge >= 0.3 is 0 Å². The van der Waals surface area contributed by atoms with Gasteiger partial charge in [-0.15, -0.1) is 0 Å². The minimum absolute atomic E-state index is 0.548. The molecule has 0 N–H and O–H groups in total. The third-order valence-corrected chi connectivity index (χ3v) is 9.97. The van der Waals surface area contributed by atoms with Crippen molar-refractivity contribution in [2.75, 3.05) is 0 Å². The topological polar surface area (TPSA) is 77.8 Å². The van der Waals surface area contributed by atoms with Gasteiger partial charge in [0, 0.05) is 44.6 Å². The van der Waals surface area contributed by atoms with E-state index in [1.807, 2.05) is 79.0 Å². The van der Waals surface area contributed by atoms with Crippen molar-refractivity contribution < 1.29 is 8.83 Å². The Morgan fingerprint density at radius 1 is 0.385 bits per heavy atom. The van der Waals surface area contributed by atoms with Crippen molar-refractivity contribution in [3.05, 3.63) is 158 Å². The van der Waals surface area contributed by atoms with E-state index < -0.39 is 0 Å². The smallest absolute Gasteiger partial charge is 0.164 e. The van der Waals surface area contributed by atoms with Crippen LogP contribution in [0, 0.1) is 0 Å². The van der Waals surface area contributed by atoms with E-state index in [1.54, 1.807) is 0 Å². The van der Waals surface area contributed by atoms with Gasteiger partial charge in [0.25, 0.3) is 0 Å². The first kappa shape index (κ1) is 28.6. The summed E-state index contributed by atoms with van der Waals surface area (Å²) >= 11 is 0. The van der Waals surface area contributed by atoms with Gasteiger partial charge < -0.3 is 8.83 Å². The number of para-hydroxylation sites is 1. The van der Waals surface area contributed by atoms with Gasteiger partial charge in [-0.25, -0.2) is 15.0 Å². The lowest BCUT2D eigenvalue weighted by Crippen LogP contribution is -2.02. The lowest BCUT2D eigenvalue weighted by molar-refractivity contribution is 0.668. The third kappa shape index (κ3) is 4.38. The number of nitrogens with zero attached hydrogens (tertiary/aromatic N) is 4. The Bertz CT molecular complexity index is 3200. The summed E-state index contributed by atoms with van der Waals surface area (Å²) in [4.78, 5) is 20.7. The van der Waals surface area contributed by atoms with Gasteiger partial charge in [0.15, 0.2) is 17.5 Å². The molecule has 6 nitrogen and oxygen atoms in total. The first-order chi connectivity index (χ1) is 25.8. The van der Waals surface area contributed by atoms with Crippen LogP contribution in [0.2, 0.25) is 0 Å². The molecule has 0 spiro atoms. The molecule has 4 heterocycles. The van der Waals surface area contributed by atoms with Crippen molar-refractivity contribution >= 4 is 65.4 Å². The second-order valence-electron chi connectivity index (χ2n) is 13.0. The molecule has 0 atom stereocenters. The van der Waals surface area contributed by atoms with Gasteiger partial charge in [-0.1, -0.05) is 115 Å². The Morgan fingerprint density at radius 2 is 1.04 bits per heavy atom. The van der Waals surface area contributed by atoms with E-state index in [0.29, 0.717) is 17.5 Å². The Labute approximate surface area is 296 Å². The molecule has 4 aromatic heterocycles. The molecule has 0 fully saturated rings. The van der Waals surface area contributed by atoms with Crippen LogP contribution in [-0.2, 0) is 0 Å². The van der Waals surface area contributed by atoms with Crippen LogP contribution in [0.15, 0.2) is 167 Å². The van der Waals surface area contributed by atoms with Crippen LogP contribution >= 0.6 is 0 Å². The average molecular weight is 667 g/mol. The highest BCUT2D eigenvalue weighted by atomic mass is 16.3. The maximum atomic E-state index is 6.51. The van der Waals surface area contributed by atoms with Crippen molar-refractivity contribution in [2.24, 2.45) is 0 Å². The SMILES string of the molecule is c1ccc(-c2nc(-c3ccc4ccccc4c3-c3nccc4oc5cc6ccccc6cc5c34)nc(-c3cccc4oc5ccccc5c34)n2)cc1. The molecule has 0 amide bonds. The maximum absolute atomic E-state index is 6.51. The number of benzene rings is 7. The number of fused-ring (bicyclic) bond motifs is 8. The Hall–Kier alpha value is -7.18. The molecule has 7 aromatic carbocycles. The van der Waals surface area contributed by atoms with Crippen molar-refractivity contribution in [1.29, 1.82) is 0 Å². The molecule has 11 rings (SSSR count). The third-order valence-electron chi connectivity index (χ3n) is 9.97. The number of aromatic nitrogens is 4. The summed E-state index contributed by atoms with van der Waals surface area (Å²) in [6, 6.07) is 51.4. The molecule has 0 saturated heterocycles. The van der Waals surface area contributed by atoms with Crippen LogP contribution in [0.5, 0.6) is 0 Å². The lowest BCUT2D eigenvalue weighted by atomic mass is 9.93. The summed E-state index contributed by atoms with van der Waals surface area (Å²) < 4.78 is 12.8. The molecular formula is C46H26N4O2. The van der Waals surface area contributed by atoms with Gasteiger partial charge in [-0.05, 0) is 57.9 Å². The van der Waals surface area contributed by atoms with Gasteiger partial charge in [-0.3, -0.25) is 4.98 Å². The van der Waals surface area contributed by atoms with Crippen LogP contribution in [0.1, 0.15) is 0 Å². The van der Waals surface area contributed by atoms with Crippen molar-refractivity contribution in [3.8, 4) is 45.4 Å². The highest BCUT2D eigenvalue weighted by Crippen LogP contribution is 2.44. The predicted molar refractivity (Wildman–Crippen MR) is 209 cm³/mol. The van der Waals surface area contributed by atoms with Crippen molar-refractivity contribution in [1.82, 2.24) is 19.9 Å². The van der Waals surface area contributed by atoms with Crippen LogP contribution in [0.25, 0.3) is 111 Å². The lowest BCUT2D eigenvalue weighted by Gasteiger charge is -2.15. The molecule has 0 aliphatic heterocycles. The number of hydrogen-bond acceptors (Lipinski definition) is 6. The van der Waals surface area contributed by atoms with Crippen molar-refractivity contribution in [2.45, 2.75) is 0 Å². The highest BCUT2D eigenvalue weighted by molar-refractivity contribution is 6.18.